The normalized spacial score (nSPS) is 11.8. The molecule has 0 saturated carbocycles. The summed E-state index contributed by atoms with van der Waals surface area (Å²) in [6.45, 7) is 0.455. The molecule has 144 valence electrons. The fraction of sp³-hybridized carbons (Fsp3) is 0.300. The Labute approximate surface area is 162 Å². The van der Waals surface area contributed by atoms with Crippen LogP contribution in [0.4, 0.5) is 0 Å². The van der Waals surface area contributed by atoms with E-state index in [4.69, 9.17) is 21.0 Å². The van der Waals surface area contributed by atoms with Crippen molar-refractivity contribution in [1.82, 2.24) is 0 Å². The molecule has 0 bridgehead atoms. The number of aliphatic carboxylic acids is 1. The summed E-state index contributed by atoms with van der Waals surface area (Å²) in [5, 5.41) is 16.1. The van der Waals surface area contributed by atoms with Crippen molar-refractivity contribution >= 4 is 23.0 Å². The Bertz CT molecular complexity index is 791. The van der Waals surface area contributed by atoms with E-state index in [2.05, 4.69) is 0 Å². The molecule has 0 radical (unpaired) electrons. The third kappa shape index (κ3) is 6.30. The number of rotatable bonds is 10. The van der Waals surface area contributed by atoms with Crippen molar-refractivity contribution < 1.29 is 19.2 Å². The maximum Gasteiger partial charge on any atom is 0.303 e. The predicted molar refractivity (Wildman–Crippen MR) is 107 cm³/mol. The second-order valence-electron chi connectivity index (χ2n) is 6.16. The second-order valence-corrected chi connectivity index (χ2v) is 7.51. The van der Waals surface area contributed by atoms with Gasteiger partial charge in [-0.25, -0.2) is 0 Å². The summed E-state index contributed by atoms with van der Waals surface area (Å²) < 4.78 is 17.9. The van der Waals surface area contributed by atoms with Crippen LogP contribution in [0, 0.1) is 5.41 Å². The van der Waals surface area contributed by atoms with Gasteiger partial charge in [0.25, 0.3) is 0 Å². The van der Waals surface area contributed by atoms with E-state index >= 15 is 0 Å². The van der Waals surface area contributed by atoms with E-state index in [1.807, 2.05) is 30.3 Å². The van der Waals surface area contributed by atoms with Crippen LogP contribution in [0.15, 0.2) is 47.4 Å². The number of unbranched alkanes of at least 4 members (excludes halogenated alkanes) is 2. The van der Waals surface area contributed by atoms with E-state index < -0.39 is 17.1 Å². The van der Waals surface area contributed by atoms with Crippen LogP contribution >= 0.6 is 0 Å². The first-order chi connectivity index (χ1) is 12.9. The number of benzene rings is 2. The number of nitrogens with one attached hydrogen (secondary N) is 1. The number of nitrogen functional groups attached to an aromatic ring is 1. The quantitative estimate of drug-likeness (QED) is 0.249. The smallest absolute Gasteiger partial charge is 0.303 e. The molecule has 0 spiro atoms. The highest BCUT2D eigenvalue weighted by Gasteiger charge is 2.15. The summed E-state index contributed by atoms with van der Waals surface area (Å²) in [6, 6.07) is 12.9. The van der Waals surface area contributed by atoms with E-state index in [9.17, 15) is 9.35 Å². The van der Waals surface area contributed by atoms with Gasteiger partial charge in [0.05, 0.1) is 6.61 Å². The van der Waals surface area contributed by atoms with Gasteiger partial charge in [-0.1, -0.05) is 30.3 Å². The number of ether oxygens (including phenoxy) is 1. The van der Waals surface area contributed by atoms with Gasteiger partial charge in [-0.2, -0.15) is 0 Å². The van der Waals surface area contributed by atoms with Gasteiger partial charge in [0.15, 0.2) is 10.6 Å². The highest BCUT2D eigenvalue weighted by Crippen LogP contribution is 2.30. The molecule has 0 heterocycles. The third-order valence-corrected chi connectivity index (χ3v) is 5.01. The molecule has 7 heteroatoms. The summed E-state index contributed by atoms with van der Waals surface area (Å²) in [6.07, 6.45) is 3.92. The van der Waals surface area contributed by atoms with E-state index in [-0.39, 0.29) is 12.3 Å². The molecule has 1 unspecified atom stereocenters. The molecule has 0 aliphatic carbocycles. The molecule has 4 N–H and O–H groups in total. The molecule has 0 amide bonds. The highest BCUT2D eigenvalue weighted by molar-refractivity contribution is 7.90. The van der Waals surface area contributed by atoms with Crippen molar-refractivity contribution in [2.75, 3.05) is 12.9 Å². The molecule has 0 saturated heterocycles. The third-order valence-electron chi connectivity index (χ3n) is 4.08. The van der Waals surface area contributed by atoms with Gasteiger partial charge in [-0.15, -0.1) is 0 Å². The lowest BCUT2D eigenvalue weighted by Gasteiger charge is -2.14. The maximum atomic E-state index is 12.1. The first kappa shape index (κ1) is 20.8. The summed E-state index contributed by atoms with van der Waals surface area (Å²) in [4.78, 5) is 11.1. The number of nitrogens with two attached hydrogens (primary N) is 1. The minimum absolute atomic E-state index is 0.0176. The minimum Gasteiger partial charge on any atom is -0.612 e. The van der Waals surface area contributed by atoms with Crippen LogP contribution in [-0.2, 0) is 16.0 Å². The number of hydrogen-bond donors (Lipinski definition) is 3. The molecule has 0 fully saturated rings. The average molecular weight is 388 g/mol. The number of carboxylic acid groups (broad SMARTS) is 1. The van der Waals surface area contributed by atoms with Gasteiger partial charge in [0, 0.05) is 18.1 Å². The molecule has 6 nitrogen and oxygen atoms in total. The maximum absolute atomic E-state index is 12.1. The van der Waals surface area contributed by atoms with Gasteiger partial charge >= 0.3 is 5.97 Å². The van der Waals surface area contributed by atoms with Crippen LogP contribution in [0.3, 0.4) is 0 Å². The molecule has 2 rings (SSSR count). The summed E-state index contributed by atoms with van der Waals surface area (Å²) in [5.41, 5.74) is 7.97. The Morgan fingerprint density at radius 1 is 1.15 bits per heavy atom. The van der Waals surface area contributed by atoms with Gasteiger partial charge < -0.3 is 20.1 Å². The van der Waals surface area contributed by atoms with E-state index in [1.54, 1.807) is 18.4 Å². The number of hydrogen-bond acceptors (Lipinski definition) is 4. The Kier molecular flexibility index (Phi) is 7.69. The summed E-state index contributed by atoms with van der Waals surface area (Å²) in [5.74, 6) is -0.186. The largest absolute Gasteiger partial charge is 0.612 e. The first-order valence-electron chi connectivity index (χ1n) is 8.65. The van der Waals surface area contributed by atoms with Gasteiger partial charge in [-0.05, 0) is 47.6 Å². The molecule has 1 atom stereocenters. The number of carbonyl (C=O) groups is 1. The molecule has 0 aliphatic heterocycles. The summed E-state index contributed by atoms with van der Waals surface area (Å²) in [7, 11) is 0. The Morgan fingerprint density at radius 2 is 1.81 bits per heavy atom. The van der Waals surface area contributed by atoms with E-state index in [1.165, 1.54) is 0 Å². The molecule has 2 aromatic rings. The lowest BCUT2D eigenvalue weighted by molar-refractivity contribution is -0.137. The van der Waals surface area contributed by atoms with Crippen molar-refractivity contribution in [1.29, 1.82) is 5.41 Å². The van der Waals surface area contributed by atoms with Gasteiger partial charge in [-0.3, -0.25) is 10.2 Å². The van der Waals surface area contributed by atoms with Crippen LogP contribution in [0.2, 0.25) is 0 Å². The Hall–Kier alpha value is -2.51. The molecule has 27 heavy (non-hydrogen) atoms. The Morgan fingerprint density at radius 3 is 2.41 bits per heavy atom. The van der Waals surface area contributed by atoms with Crippen molar-refractivity contribution in [3.8, 4) is 16.9 Å². The first-order valence-corrected chi connectivity index (χ1v) is 10.2. The monoisotopic (exact) mass is 388 g/mol. The van der Waals surface area contributed by atoms with Crippen LogP contribution in [-0.4, -0.2) is 34.3 Å². The van der Waals surface area contributed by atoms with E-state index in [0.717, 1.165) is 24.0 Å². The summed E-state index contributed by atoms with van der Waals surface area (Å²) >= 11 is -1.21. The minimum atomic E-state index is -1.21. The molecule has 0 aliphatic rings. The highest BCUT2D eigenvalue weighted by atomic mass is 32.2. The topological polar surface area (TPSA) is 119 Å². The van der Waals surface area contributed by atoms with Crippen LogP contribution < -0.4 is 10.5 Å². The molecule has 2 aromatic carbocycles. The Balaban J connectivity index is 2.05. The van der Waals surface area contributed by atoms with Gasteiger partial charge in [0.2, 0.25) is 0 Å². The van der Waals surface area contributed by atoms with Gasteiger partial charge in [0.1, 0.15) is 12.1 Å². The molecule has 0 aromatic heterocycles. The molecular formula is C20H24N2O4S. The van der Waals surface area contributed by atoms with Crippen molar-refractivity contribution in [3.63, 3.8) is 0 Å². The van der Waals surface area contributed by atoms with Crippen LogP contribution in [0.5, 0.6) is 5.75 Å². The standard InChI is InChI=1S/C20H24N2O4S/c1-27(25)18-13-16(14-6-8-15(9-7-14)20(21)22)10-11-17(18)26-12-4-2-3-5-19(23)24/h6-11,13H,2-5,12H2,1H3,(H3,21,22)(H,23,24). The zero-order valence-electron chi connectivity index (χ0n) is 15.2. The lowest BCUT2D eigenvalue weighted by Crippen LogP contribution is -2.10. The van der Waals surface area contributed by atoms with E-state index in [0.29, 0.717) is 29.2 Å². The SMILES string of the molecule is C[S+]([O-])c1cc(-c2ccc(C(=N)N)cc2)ccc1OCCCCCC(=O)O. The zero-order chi connectivity index (χ0) is 19.8. The lowest BCUT2D eigenvalue weighted by atomic mass is 10.0. The average Bonchev–Trinajstić information content (AvgIpc) is 2.64. The zero-order valence-corrected chi connectivity index (χ0v) is 16.1. The fourth-order valence-electron chi connectivity index (χ4n) is 2.61. The number of carboxylic acids is 1. The number of amidine groups is 1. The predicted octanol–water partition coefficient (Wildman–Crippen LogP) is 3.40. The van der Waals surface area contributed by atoms with Crippen LogP contribution in [0.25, 0.3) is 11.1 Å². The van der Waals surface area contributed by atoms with Crippen molar-refractivity contribution in [2.24, 2.45) is 5.73 Å². The second kappa shape index (κ2) is 9.99. The molecular weight excluding hydrogens is 364 g/mol. The van der Waals surface area contributed by atoms with Crippen molar-refractivity contribution in [3.05, 3.63) is 48.0 Å². The van der Waals surface area contributed by atoms with Crippen LogP contribution in [0.1, 0.15) is 31.2 Å². The fourth-order valence-corrected chi connectivity index (χ4v) is 3.31. The van der Waals surface area contributed by atoms with Crippen molar-refractivity contribution in [2.45, 2.75) is 30.6 Å².